The lowest BCUT2D eigenvalue weighted by Crippen LogP contribution is -2.57. The fraction of sp³-hybridized carbons (Fsp3) is 0.476. The number of nitrogens with zero attached hydrogens (tertiary/aromatic N) is 1. The van der Waals surface area contributed by atoms with E-state index in [2.05, 4.69) is 23.3 Å². The lowest BCUT2D eigenvalue weighted by Gasteiger charge is -2.30. The topological polar surface area (TPSA) is 185 Å². The highest BCUT2D eigenvalue weighted by Gasteiger charge is 2.39. The third-order valence-corrected chi connectivity index (χ3v) is 5.68. The largest absolute Gasteiger partial charge is 0.480 e. The van der Waals surface area contributed by atoms with Crippen LogP contribution < -0.4 is 22.1 Å². The number of hydrogen-bond acceptors (Lipinski definition) is 7. The van der Waals surface area contributed by atoms with E-state index < -0.39 is 60.2 Å². The SMILES string of the molecule is NC(=O)CC(NC(=O)C1CCCN1C(=O)C(Cc1ccccc1)NC(=O)C(N)CS)C(=O)O. The zero-order valence-corrected chi connectivity index (χ0v) is 18.9. The van der Waals surface area contributed by atoms with E-state index in [4.69, 9.17) is 11.5 Å². The van der Waals surface area contributed by atoms with Crippen LogP contribution in [0.15, 0.2) is 30.3 Å². The number of carboxylic acid groups (broad SMARTS) is 1. The van der Waals surface area contributed by atoms with Crippen LogP contribution in [0.3, 0.4) is 0 Å². The zero-order valence-electron chi connectivity index (χ0n) is 18.0. The Morgan fingerprint density at radius 2 is 1.79 bits per heavy atom. The number of carboxylic acids is 1. The summed E-state index contributed by atoms with van der Waals surface area (Å²) < 4.78 is 0. The Balaban J connectivity index is 2.20. The van der Waals surface area contributed by atoms with Gasteiger partial charge in [-0.3, -0.25) is 19.2 Å². The second-order valence-corrected chi connectivity index (χ2v) is 8.16. The van der Waals surface area contributed by atoms with E-state index in [0.29, 0.717) is 12.8 Å². The van der Waals surface area contributed by atoms with Gasteiger partial charge in [-0.25, -0.2) is 4.79 Å². The van der Waals surface area contributed by atoms with Gasteiger partial charge in [0.05, 0.1) is 12.5 Å². The van der Waals surface area contributed by atoms with E-state index in [1.165, 1.54) is 4.90 Å². The number of rotatable bonds is 11. The second-order valence-electron chi connectivity index (χ2n) is 7.80. The smallest absolute Gasteiger partial charge is 0.326 e. The van der Waals surface area contributed by atoms with Crippen molar-refractivity contribution < 1.29 is 29.1 Å². The standard InChI is InChI=1S/C21H29N5O6S/c22-13(11-33)18(28)24-14(9-12-5-2-1-3-6-12)20(30)26-8-4-7-16(26)19(29)25-15(21(31)32)10-17(23)27/h1-3,5-6,13-16,33H,4,7-11,22H2,(H2,23,27)(H,24,28)(H,25,29)(H,31,32). The molecule has 1 aliphatic rings. The number of hydrogen-bond donors (Lipinski definition) is 6. The molecule has 1 aliphatic heterocycles. The minimum Gasteiger partial charge on any atom is -0.480 e. The molecule has 4 amide bonds. The minimum atomic E-state index is -1.50. The van der Waals surface area contributed by atoms with Crippen LogP contribution >= 0.6 is 12.6 Å². The number of nitrogens with two attached hydrogens (primary N) is 2. The van der Waals surface area contributed by atoms with Crippen LogP contribution in [0.2, 0.25) is 0 Å². The monoisotopic (exact) mass is 479 g/mol. The highest BCUT2D eigenvalue weighted by Crippen LogP contribution is 2.20. The lowest BCUT2D eigenvalue weighted by atomic mass is 10.0. The highest BCUT2D eigenvalue weighted by molar-refractivity contribution is 7.80. The summed E-state index contributed by atoms with van der Waals surface area (Å²) in [5, 5.41) is 14.2. The molecule has 1 fully saturated rings. The van der Waals surface area contributed by atoms with Gasteiger partial charge in [-0.05, 0) is 18.4 Å². The van der Waals surface area contributed by atoms with Crippen molar-refractivity contribution in [2.45, 2.75) is 49.9 Å². The summed E-state index contributed by atoms with van der Waals surface area (Å²) >= 11 is 4.01. The molecule has 4 unspecified atom stereocenters. The van der Waals surface area contributed by atoms with Crippen molar-refractivity contribution in [3.05, 3.63) is 35.9 Å². The third kappa shape index (κ3) is 7.46. The van der Waals surface area contributed by atoms with Gasteiger partial charge in [-0.15, -0.1) is 0 Å². The summed E-state index contributed by atoms with van der Waals surface area (Å²) in [7, 11) is 0. The van der Waals surface area contributed by atoms with E-state index in [0.717, 1.165) is 5.56 Å². The molecule has 11 nitrogen and oxygen atoms in total. The van der Waals surface area contributed by atoms with E-state index in [9.17, 15) is 29.1 Å². The molecule has 7 N–H and O–H groups in total. The first-order chi connectivity index (χ1) is 15.6. The number of likely N-dealkylation sites (tertiary alicyclic amines) is 1. The number of carbonyl (C=O) groups excluding carboxylic acids is 4. The third-order valence-electron chi connectivity index (χ3n) is 5.29. The lowest BCUT2D eigenvalue weighted by molar-refractivity contribution is -0.145. The summed E-state index contributed by atoms with van der Waals surface area (Å²) in [5.41, 5.74) is 11.6. The summed E-state index contributed by atoms with van der Waals surface area (Å²) in [6.45, 7) is 0.254. The van der Waals surface area contributed by atoms with Gasteiger partial charge in [0.1, 0.15) is 18.1 Å². The van der Waals surface area contributed by atoms with Crippen LogP contribution in [0.5, 0.6) is 0 Å². The van der Waals surface area contributed by atoms with Gasteiger partial charge in [-0.2, -0.15) is 12.6 Å². The van der Waals surface area contributed by atoms with E-state index in [-0.39, 0.29) is 18.7 Å². The molecule has 0 radical (unpaired) electrons. The molecular formula is C21H29N5O6S. The maximum absolute atomic E-state index is 13.4. The minimum absolute atomic E-state index is 0.0866. The average Bonchev–Trinajstić information content (AvgIpc) is 3.27. The molecule has 0 bridgehead atoms. The molecule has 1 aromatic carbocycles. The average molecular weight is 480 g/mol. The fourth-order valence-corrected chi connectivity index (χ4v) is 3.75. The normalized spacial score (nSPS) is 18.1. The predicted octanol–water partition coefficient (Wildman–Crippen LogP) is -1.59. The Morgan fingerprint density at radius 3 is 2.36 bits per heavy atom. The summed E-state index contributed by atoms with van der Waals surface area (Å²) in [5.74, 6) is -3.94. The first-order valence-electron chi connectivity index (χ1n) is 10.5. The van der Waals surface area contributed by atoms with Gasteiger partial charge in [0.2, 0.25) is 23.6 Å². The quantitative estimate of drug-likeness (QED) is 0.206. The van der Waals surface area contributed by atoms with Crippen LogP contribution in [0.25, 0.3) is 0 Å². The van der Waals surface area contributed by atoms with E-state index in [1.807, 2.05) is 6.07 Å². The Bertz CT molecular complexity index is 883. The molecule has 0 saturated carbocycles. The Labute approximate surface area is 196 Å². The molecule has 1 heterocycles. The van der Waals surface area contributed by atoms with Crippen molar-refractivity contribution in [1.29, 1.82) is 0 Å². The van der Waals surface area contributed by atoms with Gasteiger partial charge >= 0.3 is 5.97 Å². The first-order valence-corrected chi connectivity index (χ1v) is 11.1. The van der Waals surface area contributed by atoms with Crippen LogP contribution in [0, 0.1) is 0 Å². The van der Waals surface area contributed by atoms with Crippen LogP contribution in [-0.4, -0.2) is 76.1 Å². The molecule has 33 heavy (non-hydrogen) atoms. The molecule has 2 rings (SSSR count). The maximum Gasteiger partial charge on any atom is 0.326 e. The Hall–Kier alpha value is -3.12. The zero-order chi connectivity index (χ0) is 24.5. The molecular weight excluding hydrogens is 450 g/mol. The van der Waals surface area contributed by atoms with Gasteiger partial charge < -0.3 is 32.1 Å². The number of benzene rings is 1. The van der Waals surface area contributed by atoms with Gasteiger partial charge in [0.15, 0.2) is 0 Å². The maximum atomic E-state index is 13.4. The van der Waals surface area contributed by atoms with Crippen molar-refractivity contribution in [2.75, 3.05) is 12.3 Å². The number of amides is 4. The summed E-state index contributed by atoms with van der Waals surface area (Å²) in [4.78, 5) is 62.4. The number of thiol groups is 1. The fourth-order valence-electron chi connectivity index (χ4n) is 3.58. The van der Waals surface area contributed by atoms with Crippen molar-refractivity contribution >= 4 is 42.2 Å². The van der Waals surface area contributed by atoms with Crippen molar-refractivity contribution in [1.82, 2.24) is 15.5 Å². The van der Waals surface area contributed by atoms with Gasteiger partial charge in [-0.1, -0.05) is 30.3 Å². The van der Waals surface area contributed by atoms with E-state index >= 15 is 0 Å². The van der Waals surface area contributed by atoms with Crippen molar-refractivity contribution in [2.24, 2.45) is 11.5 Å². The van der Waals surface area contributed by atoms with Crippen LogP contribution in [-0.2, 0) is 30.4 Å². The summed E-state index contributed by atoms with van der Waals surface area (Å²) in [6, 6.07) is 4.69. The second kappa shape index (κ2) is 12.2. The molecule has 0 aliphatic carbocycles. The highest BCUT2D eigenvalue weighted by atomic mass is 32.1. The molecule has 0 spiro atoms. The molecule has 0 aromatic heterocycles. The number of primary amides is 1. The number of aliphatic carboxylic acids is 1. The number of nitrogens with one attached hydrogen (secondary N) is 2. The molecule has 4 atom stereocenters. The molecule has 12 heteroatoms. The summed E-state index contributed by atoms with van der Waals surface area (Å²) in [6.07, 6.45) is 0.424. The first kappa shape index (κ1) is 26.1. The predicted molar refractivity (Wildman–Crippen MR) is 122 cm³/mol. The van der Waals surface area contributed by atoms with E-state index in [1.54, 1.807) is 24.3 Å². The van der Waals surface area contributed by atoms with Crippen molar-refractivity contribution in [3.63, 3.8) is 0 Å². The van der Waals surface area contributed by atoms with Crippen molar-refractivity contribution in [3.8, 4) is 0 Å². The number of carbonyl (C=O) groups is 5. The Kier molecular flexibility index (Phi) is 9.67. The van der Waals surface area contributed by atoms with Gasteiger partial charge in [0.25, 0.3) is 0 Å². The van der Waals surface area contributed by atoms with Crippen LogP contribution in [0.1, 0.15) is 24.8 Å². The molecule has 180 valence electrons. The van der Waals surface area contributed by atoms with Gasteiger partial charge in [0, 0.05) is 18.7 Å². The molecule has 1 aromatic rings. The van der Waals surface area contributed by atoms with Crippen LogP contribution in [0.4, 0.5) is 0 Å². The Morgan fingerprint density at radius 1 is 1.12 bits per heavy atom. The molecule has 1 saturated heterocycles.